The molecular formula is C13H11F4NO2. The van der Waals surface area contributed by atoms with Gasteiger partial charge in [0.1, 0.15) is 19.0 Å². The van der Waals surface area contributed by atoms with Crippen LogP contribution >= 0.6 is 0 Å². The number of hydrogen-bond acceptors (Lipinski definition) is 2. The highest BCUT2D eigenvalue weighted by Gasteiger charge is 2.32. The highest BCUT2D eigenvalue weighted by Crippen LogP contribution is 2.18. The number of aliphatic hydroxyl groups excluding tert-OH is 1. The summed E-state index contributed by atoms with van der Waals surface area (Å²) < 4.78 is 49.8. The van der Waals surface area contributed by atoms with Crippen molar-refractivity contribution in [2.45, 2.75) is 6.18 Å². The lowest BCUT2D eigenvalue weighted by Crippen LogP contribution is -2.36. The summed E-state index contributed by atoms with van der Waals surface area (Å²) in [4.78, 5) is 12.4. The number of amides is 1. The van der Waals surface area contributed by atoms with E-state index in [1.807, 2.05) is 0 Å². The molecule has 1 aromatic rings. The number of benzene rings is 1. The van der Waals surface area contributed by atoms with Gasteiger partial charge >= 0.3 is 6.18 Å². The first-order valence-electron chi connectivity index (χ1n) is 5.46. The minimum absolute atomic E-state index is 0.0712. The van der Waals surface area contributed by atoms with Crippen molar-refractivity contribution in [2.75, 3.05) is 20.2 Å². The normalized spacial score (nSPS) is 10.7. The lowest BCUT2D eigenvalue weighted by Gasteiger charge is -2.19. The van der Waals surface area contributed by atoms with E-state index in [0.29, 0.717) is 4.90 Å². The molecule has 0 spiro atoms. The molecule has 0 atom stereocenters. The molecule has 0 aromatic heterocycles. The monoisotopic (exact) mass is 289 g/mol. The van der Waals surface area contributed by atoms with Crippen molar-refractivity contribution < 1.29 is 27.5 Å². The second-order valence-electron chi connectivity index (χ2n) is 3.93. The average Bonchev–Trinajstić information content (AvgIpc) is 2.33. The molecule has 108 valence electrons. The van der Waals surface area contributed by atoms with Gasteiger partial charge in [-0.1, -0.05) is 11.8 Å². The van der Waals surface area contributed by atoms with E-state index in [2.05, 4.69) is 11.8 Å². The molecule has 0 radical (unpaired) electrons. The van der Waals surface area contributed by atoms with Crippen molar-refractivity contribution in [3.63, 3.8) is 0 Å². The quantitative estimate of drug-likeness (QED) is 0.666. The Labute approximate surface area is 112 Å². The van der Waals surface area contributed by atoms with Crippen LogP contribution in [0.4, 0.5) is 17.6 Å². The maximum Gasteiger partial charge on any atom is 0.406 e. The van der Waals surface area contributed by atoms with Gasteiger partial charge in [0.2, 0.25) is 0 Å². The Balaban J connectivity index is 3.09. The van der Waals surface area contributed by atoms with Crippen LogP contribution in [0.15, 0.2) is 18.2 Å². The molecule has 1 amide bonds. The van der Waals surface area contributed by atoms with Crippen molar-refractivity contribution in [3.05, 3.63) is 35.1 Å². The average molecular weight is 289 g/mol. The van der Waals surface area contributed by atoms with E-state index in [-0.39, 0.29) is 11.1 Å². The van der Waals surface area contributed by atoms with Gasteiger partial charge < -0.3 is 10.0 Å². The Bertz CT molecular complexity index is 558. The first-order chi connectivity index (χ1) is 9.24. The number of rotatable bonds is 2. The van der Waals surface area contributed by atoms with Gasteiger partial charge in [-0.3, -0.25) is 4.79 Å². The Hall–Kier alpha value is -2.07. The van der Waals surface area contributed by atoms with E-state index >= 15 is 0 Å². The van der Waals surface area contributed by atoms with E-state index in [0.717, 1.165) is 25.2 Å². The molecule has 0 aliphatic rings. The maximum absolute atomic E-state index is 13.1. The molecule has 0 aliphatic carbocycles. The second kappa shape index (κ2) is 6.39. The molecule has 0 aliphatic heterocycles. The molecule has 1 aromatic carbocycles. The number of carbonyl (C=O) groups excluding carboxylic acids is 1. The zero-order chi connectivity index (χ0) is 15.3. The Morgan fingerprint density at radius 3 is 2.60 bits per heavy atom. The van der Waals surface area contributed by atoms with Crippen LogP contribution in [0.2, 0.25) is 0 Å². The molecule has 0 unspecified atom stereocenters. The topological polar surface area (TPSA) is 40.5 Å². The van der Waals surface area contributed by atoms with Gasteiger partial charge in [-0.25, -0.2) is 4.39 Å². The van der Waals surface area contributed by atoms with Crippen LogP contribution in [-0.4, -0.2) is 42.3 Å². The zero-order valence-corrected chi connectivity index (χ0v) is 10.5. The highest BCUT2D eigenvalue weighted by atomic mass is 19.4. The second-order valence-corrected chi connectivity index (χ2v) is 3.93. The molecule has 20 heavy (non-hydrogen) atoms. The summed E-state index contributed by atoms with van der Waals surface area (Å²) in [5.74, 6) is 2.95. The van der Waals surface area contributed by atoms with E-state index in [4.69, 9.17) is 5.11 Å². The molecule has 0 heterocycles. The summed E-state index contributed by atoms with van der Waals surface area (Å²) in [6.45, 7) is -1.93. The lowest BCUT2D eigenvalue weighted by molar-refractivity contribution is -0.138. The van der Waals surface area contributed by atoms with Crippen LogP contribution in [0.25, 0.3) is 0 Å². The molecule has 3 nitrogen and oxygen atoms in total. The first kappa shape index (κ1) is 16.0. The number of nitrogens with zero attached hydrogens (tertiary/aromatic N) is 1. The molecule has 0 bridgehead atoms. The Morgan fingerprint density at radius 2 is 2.05 bits per heavy atom. The van der Waals surface area contributed by atoms with Gasteiger partial charge in [0.25, 0.3) is 5.91 Å². The molecule has 1 rings (SSSR count). The standard InChI is InChI=1S/C13H11F4NO2/c1-18(8-13(15,16)17)12(20)11-5-4-10(14)7-9(11)3-2-6-19/h4-5,7,19H,6,8H2,1H3. The summed E-state index contributed by atoms with van der Waals surface area (Å²) in [5.41, 5.74) is -0.225. The summed E-state index contributed by atoms with van der Waals surface area (Å²) in [7, 11) is 0.989. The summed E-state index contributed by atoms with van der Waals surface area (Å²) >= 11 is 0. The smallest absolute Gasteiger partial charge is 0.384 e. The summed E-state index contributed by atoms with van der Waals surface area (Å²) in [6, 6.07) is 2.95. The molecule has 7 heteroatoms. The number of carbonyl (C=O) groups is 1. The van der Waals surface area contributed by atoms with Crippen LogP contribution in [-0.2, 0) is 0 Å². The van der Waals surface area contributed by atoms with Crippen LogP contribution in [0.3, 0.4) is 0 Å². The molecule has 0 saturated heterocycles. The van der Waals surface area contributed by atoms with E-state index < -0.39 is 31.1 Å². The van der Waals surface area contributed by atoms with Gasteiger partial charge in [-0.05, 0) is 18.2 Å². The predicted molar refractivity (Wildman–Crippen MR) is 63.4 cm³/mol. The Kier molecular flexibility index (Phi) is 5.11. The van der Waals surface area contributed by atoms with Crippen LogP contribution < -0.4 is 0 Å². The predicted octanol–water partition coefficient (Wildman–Crippen LogP) is 1.80. The maximum atomic E-state index is 13.1. The van der Waals surface area contributed by atoms with E-state index in [9.17, 15) is 22.4 Å². The van der Waals surface area contributed by atoms with Crippen molar-refractivity contribution in [1.29, 1.82) is 0 Å². The van der Waals surface area contributed by atoms with Crippen LogP contribution in [0.1, 0.15) is 15.9 Å². The SMILES string of the molecule is CN(CC(F)(F)F)C(=O)c1ccc(F)cc1C#CCO. The van der Waals surface area contributed by atoms with Crippen LogP contribution in [0.5, 0.6) is 0 Å². The fourth-order valence-corrected chi connectivity index (χ4v) is 1.49. The van der Waals surface area contributed by atoms with Gasteiger partial charge in [0, 0.05) is 12.6 Å². The fraction of sp³-hybridized carbons (Fsp3) is 0.308. The minimum atomic E-state index is -4.53. The summed E-state index contributed by atoms with van der Waals surface area (Å²) in [5, 5.41) is 8.58. The number of aliphatic hydroxyl groups is 1. The minimum Gasteiger partial charge on any atom is -0.384 e. The third-order valence-corrected chi connectivity index (χ3v) is 2.28. The van der Waals surface area contributed by atoms with Crippen LogP contribution in [0, 0.1) is 17.7 Å². The molecular weight excluding hydrogens is 278 g/mol. The number of alkyl halides is 3. The highest BCUT2D eigenvalue weighted by molar-refractivity contribution is 5.96. The van der Waals surface area contributed by atoms with Gasteiger partial charge in [0.15, 0.2) is 0 Å². The van der Waals surface area contributed by atoms with Gasteiger partial charge in [0.05, 0.1) is 5.56 Å². The number of hydrogen-bond donors (Lipinski definition) is 1. The lowest BCUT2D eigenvalue weighted by atomic mass is 10.1. The molecule has 0 saturated carbocycles. The number of halogens is 4. The fourth-order valence-electron chi connectivity index (χ4n) is 1.49. The third-order valence-electron chi connectivity index (χ3n) is 2.28. The van der Waals surface area contributed by atoms with Crippen molar-refractivity contribution in [2.24, 2.45) is 0 Å². The van der Waals surface area contributed by atoms with Crippen molar-refractivity contribution in [3.8, 4) is 11.8 Å². The molecule has 0 fully saturated rings. The van der Waals surface area contributed by atoms with Gasteiger partial charge in [-0.2, -0.15) is 13.2 Å². The first-order valence-corrected chi connectivity index (χ1v) is 5.46. The van der Waals surface area contributed by atoms with Gasteiger partial charge in [-0.15, -0.1) is 0 Å². The van der Waals surface area contributed by atoms with Crippen molar-refractivity contribution >= 4 is 5.91 Å². The largest absolute Gasteiger partial charge is 0.406 e. The summed E-state index contributed by atoms with van der Waals surface area (Å²) in [6.07, 6.45) is -4.53. The molecule has 1 N–H and O–H groups in total. The third kappa shape index (κ3) is 4.55. The van der Waals surface area contributed by atoms with Crippen molar-refractivity contribution in [1.82, 2.24) is 4.90 Å². The van der Waals surface area contributed by atoms with E-state index in [1.165, 1.54) is 0 Å². The Morgan fingerprint density at radius 1 is 1.40 bits per heavy atom. The van der Waals surface area contributed by atoms with E-state index in [1.54, 1.807) is 0 Å². The zero-order valence-electron chi connectivity index (χ0n) is 10.5.